The molecule has 5 nitrogen and oxygen atoms in total. The molecule has 1 atom stereocenters. The third kappa shape index (κ3) is 2.23. The van der Waals surface area contributed by atoms with Gasteiger partial charge in [0.15, 0.2) is 0 Å². The molecule has 1 fully saturated rings. The molecule has 0 bridgehead atoms. The molecule has 0 radical (unpaired) electrons. The van der Waals surface area contributed by atoms with E-state index in [1.54, 1.807) is 12.1 Å². The lowest BCUT2D eigenvalue weighted by molar-refractivity contribution is -0.140. The SMILES string of the molecule is O=C(O)C1CSCN1S(=O)(=O)c1ccc2c(c1)CCC2. The van der Waals surface area contributed by atoms with Crippen LogP contribution in [0.4, 0.5) is 0 Å². The predicted octanol–water partition coefficient (Wildman–Crippen LogP) is 1.32. The zero-order chi connectivity index (χ0) is 14.3. The van der Waals surface area contributed by atoms with Crippen molar-refractivity contribution in [2.45, 2.75) is 30.2 Å². The Hall–Kier alpha value is -1.05. The van der Waals surface area contributed by atoms with E-state index in [0.29, 0.717) is 5.75 Å². The lowest BCUT2D eigenvalue weighted by atomic mass is 10.1. The molecule has 0 amide bonds. The number of carbonyl (C=O) groups is 1. The first-order valence-corrected chi connectivity index (χ1v) is 9.04. The van der Waals surface area contributed by atoms with Crippen molar-refractivity contribution in [2.24, 2.45) is 0 Å². The molecule has 0 spiro atoms. The second-order valence-corrected chi connectivity index (χ2v) is 7.92. The topological polar surface area (TPSA) is 74.7 Å². The number of rotatable bonds is 3. The van der Waals surface area contributed by atoms with Gasteiger partial charge in [0.05, 0.1) is 10.8 Å². The quantitative estimate of drug-likeness (QED) is 0.911. The molecule has 0 saturated carbocycles. The van der Waals surface area contributed by atoms with Gasteiger partial charge in [-0.2, -0.15) is 4.31 Å². The second-order valence-electron chi connectivity index (χ2n) is 5.03. The van der Waals surface area contributed by atoms with Gasteiger partial charge in [0, 0.05) is 5.75 Å². The number of hydrogen-bond donors (Lipinski definition) is 1. The third-order valence-corrected chi connectivity index (χ3v) is 6.83. The summed E-state index contributed by atoms with van der Waals surface area (Å²) in [6, 6.07) is 4.20. The number of carboxylic acids is 1. The van der Waals surface area contributed by atoms with Crippen molar-refractivity contribution in [1.29, 1.82) is 0 Å². The summed E-state index contributed by atoms with van der Waals surface area (Å²) in [4.78, 5) is 11.4. The minimum Gasteiger partial charge on any atom is -0.480 e. The molecule has 7 heteroatoms. The maximum absolute atomic E-state index is 12.6. The smallest absolute Gasteiger partial charge is 0.322 e. The average Bonchev–Trinajstić information content (AvgIpc) is 3.06. The van der Waals surface area contributed by atoms with Crippen molar-refractivity contribution in [3.8, 4) is 0 Å². The molecular formula is C13H15NO4S2. The lowest BCUT2D eigenvalue weighted by Crippen LogP contribution is -2.41. The Morgan fingerprint density at radius 3 is 2.80 bits per heavy atom. The molecule has 1 aliphatic heterocycles. The zero-order valence-corrected chi connectivity index (χ0v) is 12.4. The van der Waals surface area contributed by atoms with Gasteiger partial charge in [-0.1, -0.05) is 6.07 Å². The minimum atomic E-state index is -3.72. The normalized spacial score (nSPS) is 22.9. The molecule has 108 valence electrons. The van der Waals surface area contributed by atoms with Crippen LogP contribution in [0.1, 0.15) is 17.5 Å². The largest absolute Gasteiger partial charge is 0.480 e. The Balaban J connectivity index is 1.97. The zero-order valence-electron chi connectivity index (χ0n) is 10.8. The first kappa shape index (κ1) is 13.9. The third-order valence-electron chi connectivity index (χ3n) is 3.80. The highest BCUT2D eigenvalue weighted by molar-refractivity contribution is 8.00. The first-order chi connectivity index (χ1) is 9.50. The number of aliphatic carboxylic acids is 1. The van der Waals surface area contributed by atoms with E-state index in [1.807, 2.05) is 6.07 Å². The Bertz CT molecular complexity index is 656. The van der Waals surface area contributed by atoms with Crippen LogP contribution in [0.25, 0.3) is 0 Å². The molecule has 1 aromatic rings. The van der Waals surface area contributed by atoms with Crippen LogP contribution in [0.15, 0.2) is 23.1 Å². The molecule has 0 aromatic heterocycles. The number of thioether (sulfide) groups is 1. The Morgan fingerprint density at radius 1 is 1.30 bits per heavy atom. The number of sulfonamides is 1. The van der Waals surface area contributed by atoms with E-state index in [0.717, 1.165) is 29.1 Å². The molecule has 1 aromatic carbocycles. The predicted molar refractivity (Wildman–Crippen MR) is 76.2 cm³/mol. The molecule has 1 saturated heterocycles. The van der Waals surface area contributed by atoms with E-state index >= 15 is 0 Å². The summed E-state index contributed by atoms with van der Waals surface area (Å²) in [6.07, 6.45) is 2.94. The van der Waals surface area contributed by atoms with Crippen LogP contribution in [0.3, 0.4) is 0 Å². The van der Waals surface area contributed by atoms with E-state index < -0.39 is 22.0 Å². The summed E-state index contributed by atoms with van der Waals surface area (Å²) in [5.74, 6) is -0.574. The van der Waals surface area contributed by atoms with Crippen LogP contribution in [-0.4, -0.2) is 41.5 Å². The van der Waals surface area contributed by atoms with Gasteiger partial charge in [0.2, 0.25) is 10.0 Å². The molecule has 1 N–H and O–H groups in total. The van der Waals surface area contributed by atoms with Crippen LogP contribution >= 0.6 is 11.8 Å². The van der Waals surface area contributed by atoms with Gasteiger partial charge in [-0.05, 0) is 42.5 Å². The number of nitrogens with zero attached hydrogens (tertiary/aromatic N) is 1. The fourth-order valence-electron chi connectivity index (χ4n) is 2.70. The van der Waals surface area contributed by atoms with Crippen LogP contribution in [0, 0.1) is 0 Å². The van der Waals surface area contributed by atoms with Crippen molar-refractivity contribution in [1.82, 2.24) is 4.31 Å². The van der Waals surface area contributed by atoms with E-state index in [4.69, 9.17) is 5.11 Å². The number of benzene rings is 1. The van der Waals surface area contributed by atoms with Gasteiger partial charge < -0.3 is 5.11 Å². The average molecular weight is 313 g/mol. The van der Waals surface area contributed by atoms with Crippen molar-refractivity contribution in [2.75, 3.05) is 11.6 Å². The number of fused-ring (bicyclic) bond motifs is 1. The molecule has 3 rings (SSSR count). The maximum atomic E-state index is 12.6. The van der Waals surface area contributed by atoms with E-state index in [-0.39, 0.29) is 10.8 Å². The van der Waals surface area contributed by atoms with E-state index in [1.165, 1.54) is 17.3 Å². The number of carboxylic acid groups (broad SMARTS) is 1. The maximum Gasteiger partial charge on any atom is 0.322 e. The molecule has 1 unspecified atom stereocenters. The summed E-state index contributed by atoms with van der Waals surface area (Å²) < 4.78 is 26.3. The summed E-state index contributed by atoms with van der Waals surface area (Å²) in [7, 11) is -3.72. The Labute approximate surface area is 122 Å². The monoisotopic (exact) mass is 313 g/mol. The highest BCUT2D eigenvalue weighted by Gasteiger charge is 2.40. The fraction of sp³-hybridized carbons (Fsp3) is 0.462. The van der Waals surface area contributed by atoms with Gasteiger partial charge in [0.1, 0.15) is 6.04 Å². The first-order valence-electron chi connectivity index (χ1n) is 6.44. The van der Waals surface area contributed by atoms with Crippen LogP contribution in [0.5, 0.6) is 0 Å². The van der Waals surface area contributed by atoms with Gasteiger partial charge in [0.25, 0.3) is 0 Å². The number of hydrogen-bond acceptors (Lipinski definition) is 4. The number of aryl methyl sites for hydroxylation is 2. The fourth-order valence-corrected chi connectivity index (χ4v) is 5.89. The molecule has 2 aliphatic rings. The summed E-state index contributed by atoms with van der Waals surface area (Å²) in [6.45, 7) is 0. The Kier molecular flexibility index (Phi) is 3.51. The van der Waals surface area contributed by atoms with Gasteiger partial charge in [-0.25, -0.2) is 8.42 Å². The van der Waals surface area contributed by atoms with Gasteiger partial charge in [-0.15, -0.1) is 11.8 Å². The molecule has 1 aliphatic carbocycles. The van der Waals surface area contributed by atoms with Crippen molar-refractivity contribution in [3.63, 3.8) is 0 Å². The van der Waals surface area contributed by atoms with E-state index in [9.17, 15) is 13.2 Å². The van der Waals surface area contributed by atoms with Crippen LogP contribution in [-0.2, 0) is 27.7 Å². The minimum absolute atomic E-state index is 0.205. The highest BCUT2D eigenvalue weighted by Crippen LogP contribution is 2.31. The summed E-state index contributed by atoms with van der Waals surface area (Å²) in [5.41, 5.74) is 2.28. The van der Waals surface area contributed by atoms with Crippen molar-refractivity contribution >= 4 is 27.8 Å². The second kappa shape index (κ2) is 5.05. The van der Waals surface area contributed by atoms with Crippen LogP contribution < -0.4 is 0 Å². The van der Waals surface area contributed by atoms with E-state index in [2.05, 4.69) is 0 Å². The molecule has 20 heavy (non-hydrogen) atoms. The van der Waals surface area contributed by atoms with Crippen molar-refractivity contribution < 1.29 is 18.3 Å². The van der Waals surface area contributed by atoms with Gasteiger partial charge in [-0.3, -0.25) is 4.79 Å². The summed E-state index contributed by atoms with van der Waals surface area (Å²) in [5, 5.41) is 9.13. The van der Waals surface area contributed by atoms with Crippen molar-refractivity contribution in [3.05, 3.63) is 29.3 Å². The molecule has 1 heterocycles. The highest BCUT2D eigenvalue weighted by atomic mass is 32.2. The Morgan fingerprint density at radius 2 is 2.05 bits per heavy atom. The van der Waals surface area contributed by atoms with Crippen LogP contribution in [0.2, 0.25) is 0 Å². The standard InChI is InChI=1S/C13H15NO4S2/c15-13(16)12-7-19-8-14(12)20(17,18)11-5-4-9-2-1-3-10(9)6-11/h4-6,12H,1-3,7-8H2,(H,15,16). The lowest BCUT2D eigenvalue weighted by Gasteiger charge is -2.20. The van der Waals surface area contributed by atoms with Gasteiger partial charge >= 0.3 is 5.97 Å². The molecular weight excluding hydrogens is 298 g/mol. The summed E-state index contributed by atoms with van der Waals surface area (Å²) >= 11 is 1.33.